The number of aliphatic imine (C=N–C) groups is 1. The van der Waals surface area contributed by atoms with Gasteiger partial charge in [-0.3, -0.25) is 4.99 Å². The van der Waals surface area contributed by atoms with Gasteiger partial charge >= 0.3 is 0 Å². The summed E-state index contributed by atoms with van der Waals surface area (Å²) >= 11 is 0. The van der Waals surface area contributed by atoms with Crippen LogP contribution < -0.4 is 5.32 Å². The molecule has 2 heteroatoms. The molecular formula is C13H22N2. The summed E-state index contributed by atoms with van der Waals surface area (Å²) in [5.74, 6) is 3.64. The molecule has 3 rings (SSSR count). The van der Waals surface area contributed by atoms with Gasteiger partial charge in [0.1, 0.15) is 0 Å². The van der Waals surface area contributed by atoms with E-state index in [2.05, 4.69) is 12.2 Å². The van der Waals surface area contributed by atoms with Gasteiger partial charge in [0.2, 0.25) is 0 Å². The fraction of sp³-hybridized carbons (Fsp3) is 0.923. The molecule has 3 aliphatic rings. The van der Waals surface area contributed by atoms with Crippen LogP contribution in [0.2, 0.25) is 0 Å². The lowest BCUT2D eigenvalue weighted by molar-refractivity contribution is 0.190. The third-order valence-electron chi connectivity index (χ3n) is 4.82. The van der Waals surface area contributed by atoms with Crippen LogP contribution in [0, 0.1) is 23.7 Å². The summed E-state index contributed by atoms with van der Waals surface area (Å²) in [6, 6.07) is 0. The highest BCUT2D eigenvalue weighted by Gasteiger charge is 2.44. The molecule has 1 saturated heterocycles. The van der Waals surface area contributed by atoms with Gasteiger partial charge in [0.15, 0.2) is 0 Å². The lowest BCUT2D eigenvalue weighted by Crippen LogP contribution is -2.41. The number of nitrogens with zero attached hydrogens (tertiary/aromatic N) is 1. The number of hydrogen-bond donors (Lipinski definition) is 1. The first-order valence-electron chi connectivity index (χ1n) is 6.64. The van der Waals surface area contributed by atoms with Gasteiger partial charge in [0.05, 0.1) is 0 Å². The third-order valence-corrected chi connectivity index (χ3v) is 4.82. The summed E-state index contributed by atoms with van der Waals surface area (Å²) in [4.78, 5) is 4.80. The maximum atomic E-state index is 4.80. The Labute approximate surface area is 92.5 Å². The van der Waals surface area contributed by atoms with E-state index in [1.807, 2.05) is 0 Å². The van der Waals surface area contributed by atoms with E-state index in [4.69, 9.17) is 4.99 Å². The average molecular weight is 206 g/mol. The standard InChI is InChI=1S/C13H22N2/c1-2-10-11-4-3-5-15-13(11)6-9-7-14-8-12(9)10/h9-12,14H,2-8H2,1H3. The summed E-state index contributed by atoms with van der Waals surface area (Å²) in [7, 11) is 0. The van der Waals surface area contributed by atoms with Crippen molar-refractivity contribution in [1.82, 2.24) is 5.32 Å². The van der Waals surface area contributed by atoms with Crippen LogP contribution >= 0.6 is 0 Å². The van der Waals surface area contributed by atoms with Crippen molar-refractivity contribution in [2.75, 3.05) is 19.6 Å². The van der Waals surface area contributed by atoms with Gasteiger partial charge in [0.25, 0.3) is 0 Å². The quantitative estimate of drug-likeness (QED) is 0.698. The van der Waals surface area contributed by atoms with Crippen molar-refractivity contribution in [2.24, 2.45) is 28.7 Å². The van der Waals surface area contributed by atoms with Crippen LogP contribution in [-0.2, 0) is 0 Å². The molecule has 0 aromatic heterocycles. The molecule has 0 bridgehead atoms. The van der Waals surface area contributed by atoms with E-state index in [1.165, 1.54) is 38.8 Å². The van der Waals surface area contributed by atoms with Gasteiger partial charge in [-0.1, -0.05) is 13.3 Å². The average Bonchev–Trinajstić information content (AvgIpc) is 2.73. The van der Waals surface area contributed by atoms with E-state index in [1.54, 1.807) is 5.71 Å². The number of hydrogen-bond acceptors (Lipinski definition) is 2. The predicted molar refractivity (Wildman–Crippen MR) is 63.3 cm³/mol. The van der Waals surface area contributed by atoms with Crippen molar-refractivity contribution < 1.29 is 0 Å². The lowest BCUT2D eigenvalue weighted by Gasteiger charge is -2.42. The first-order valence-corrected chi connectivity index (χ1v) is 6.64. The van der Waals surface area contributed by atoms with Crippen LogP contribution in [0.25, 0.3) is 0 Å². The van der Waals surface area contributed by atoms with Gasteiger partial charge in [-0.25, -0.2) is 0 Å². The highest BCUT2D eigenvalue weighted by atomic mass is 14.9. The second-order valence-electron chi connectivity index (χ2n) is 5.48. The summed E-state index contributed by atoms with van der Waals surface area (Å²) in [6.45, 7) is 5.99. The highest BCUT2D eigenvalue weighted by Crippen LogP contribution is 2.43. The molecule has 84 valence electrons. The van der Waals surface area contributed by atoms with E-state index in [9.17, 15) is 0 Å². The Balaban J connectivity index is 1.88. The first kappa shape index (κ1) is 9.83. The zero-order chi connectivity index (χ0) is 10.3. The molecule has 0 amide bonds. The van der Waals surface area contributed by atoms with Gasteiger partial charge in [-0.05, 0) is 50.1 Å². The van der Waals surface area contributed by atoms with Gasteiger partial charge in [0, 0.05) is 18.2 Å². The first-order chi connectivity index (χ1) is 7.40. The highest BCUT2D eigenvalue weighted by molar-refractivity contribution is 5.88. The molecule has 0 aromatic rings. The minimum Gasteiger partial charge on any atom is -0.316 e. The molecule has 2 heterocycles. The molecule has 2 nitrogen and oxygen atoms in total. The molecule has 4 atom stereocenters. The zero-order valence-corrected chi connectivity index (χ0v) is 9.71. The second kappa shape index (κ2) is 3.89. The predicted octanol–water partition coefficient (Wildman–Crippen LogP) is 2.10. The van der Waals surface area contributed by atoms with Crippen molar-refractivity contribution in [3.63, 3.8) is 0 Å². The summed E-state index contributed by atoms with van der Waals surface area (Å²) in [5, 5.41) is 3.58. The largest absolute Gasteiger partial charge is 0.316 e. The maximum absolute atomic E-state index is 4.80. The molecule has 4 unspecified atom stereocenters. The molecule has 0 spiro atoms. The maximum Gasteiger partial charge on any atom is 0.0389 e. The van der Waals surface area contributed by atoms with Crippen LogP contribution in [0.15, 0.2) is 4.99 Å². The second-order valence-corrected chi connectivity index (χ2v) is 5.48. The van der Waals surface area contributed by atoms with E-state index in [0.29, 0.717) is 0 Å². The SMILES string of the molecule is CCC1C2CCCN=C2CC2CNCC21. The van der Waals surface area contributed by atoms with Crippen molar-refractivity contribution in [1.29, 1.82) is 0 Å². The molecule has 1 N–H and O–H groups in total. The topological polar surface area (TPSA) is 24.4 Å². The Hall–Kier alpha value is -0.370. The Morgan fingerprint density at radius 3 is 3.20 bits per heavy atom. The van der Waals surface area contributed by atoms with Crippen molar-refractivity contribution >= 4 is 5.71 Å². The monoisotopic (exact) mass is 206 g/mol. The van der Waals surface area contributed by atoms with Crippen molar-refractivity contribution in [3.05, 3.63) is 0 Å². The molecule has 0 aromatic carbocycles. The van der Waals surface area contributed by atoms with Crippen molar-refractivity contribution in [2.45, 2.75) is 32.6 Å². The summed E-state index contributed by atoms with van der Waals surface area (Å²) in [5.41, 5.74) is 1.58. The Kier molecular flexibility index (Phi) is 2.55. The molecule has 0 radical (unpaired) electrons. The van der Waals surface area contributed by atoms with Crippen LogP contribution in [0.5, 0.6) is 0 Å². The fourth-order valence-corrected chi connectivity index (χ4v) is 4.13. The number of rotatable bonds is 1. The van der Waals surface area contributed by atoms with Crippen LogP contribution in [0.3, 0.4) is 0 Å². The Bertz CT molecular complexity index is 272. The van der Waals surface area contributed by atoms with Crippen LogP contribution in [0.4, 0.5) is 0 Å². The van der Waals surface area contributed by atoms with E-state index in [0.717, 1.165) is 30.2 Å². The molecular weight excluding hydrogens is 184 g/mol. The van der Waals surface area contributed by atoms with Gasteiger partial charge in [-0.2, -0.15) is 0 Å². The van der Waals surface area contributed by atoms with Gasteiger partial charge in [-0.15, -0.1) is 0 Å². The molecule has 1 saturated carbocycles. The zero-order valence-electron chi connectivity index (χ0n) is 9.71. The lowest BCUT2D eigenvalue weighted by atomic mass is 9.64. The van der Waals surface area contributed by atoms with Crippen molar-refractivity contribution in [3.8, 4) is 0 Å². The van der Waals surface area contributed by atoms with E-state index in [-0.39, 0.29) is 0 Å². The minimum absolute atomic E-state index is 0.852. The Morgan fingerprint density at radius 2 is 2.33 bits per heavy atom. The molecule has 2 fully saturated rings. The number of nitrogens with one attached hydrogen (secondary N) is 1. The number of fused-ring (bicyclic) bond motifs is 2. The Morgan fingerprint density at radius 1 is 1.40 bits per heavy atom. The van der Waals surface area contributed by atoms with Crippen LogP contribution in [-0.4, -0.2) is 25.3 Å². The smallest absolute Gasteiger partial charge is 0.0389 e. The molecule has 15 heavy (non-hydrogen) atoms. The summed E-state index contributed by atoms with van der Waals surface area (Å²) in [6.07, 6.45) is 5.40. The van der Waals surface area contributed by atoms with Crippen LogP contribution in [0.1, 0.15) is 32.6 Å². The third kappa shape index (κ3) is 1.54. The van der Waals surface area contributed by atoms with E-state index < -0.39 is 0 Å². The molecule has 2 aliphatic heterocycles. The van der Waals surface area contributed by atoms with Gasteiger partial charge < -0.3 is 5.32 Å². The fourth-order valence-electron chi connectivity index (χ4n) is 4.13. The molecule has 1 aliphatic carbocycles. The normalized spacial score (nSPS) is 44.5. The summed E-state index contributed by atoms with van der Waals surface area (Å²) < 4.78 is 0. The minimum atomic E-state index is 0.852. The van der Waals surface area contributed by atoms with E-state index >= 15 is 0 Å².